The fourth-order valence-electron chi connectivity index (χ4n) is 4.32. The first-order chi connectivity index (χ1) is 15.0. The Balaban J connectivity index is 1.59. The van der Waals surface area contributed by atoms with Crippen LogP contribution in [-0.4, -0.2) is 29.0 Å². The van der Waals surface area contributed by atoms with E-state index >= 15 is 0 Å². The molecule has 2 amide bonds. The van der Waals surface area contributed by atoms with E-state index < -0.39 is 16.6 Å². The van der Waals surface area contributed by atoms with Crippen LogP contribution in [0.1, 0.15) is 21.5 Å². The molecule has 3 aromatic rings. The Morgan fingerprint density at radius 3 is 2.58 bits per heavy atom. The summed E-state index contributed by atoms with van der Waals surface area (Å²) in [7, 11) is 0. The van der Waals surface area contributed by atoms with Gasteiger partial charge in [0.15, 0.2) is 4.87 Å². The number of halogens is 2. The van der Waals surface area contributed by atoms with E-state index in [-0.39, 0.29) is 23.8 Å². The van der Waals surface area contributed by atoms with Crippen LogP contribution in [-0.2, 0) is 16.2 Å². The zero-order valence-electron chi connectivity index (χ0n) is 16.4. The number of carbonyl (C=O) groups excluding carboxylic acids is 2. The van der Waals surface area contributed by atoms with Crippen LogP contribution in [0.15, 0.2) is 72.8 Å². The Hall–Kier alpha value is -3.19. The molecule has 31 heavy (non-hydrogen) atoms. The van der Waals surface area contributed by atoms with Crippen molar-refractivity contribution in [2.24, 2.45) is 0 Å². The summed E-state index contributed by atoms with van der Waals surface area (Å²) in [4.78, 5) is 29.0. The third kappa shape index (κ3) is 3.03. The number of para-hydroxylation sites is 1. The second kappa shape index (κ2) is 7.50. The number of hydrogen-bond acceptors (Lipinski definition) is 3. The number of amides is 2. The normalized spacial score (nSPS) is 19.9. The number of rotatable bonds is 3. The Morgan fingerprint density at radius 2 is 1.77 bits per heavy atom. The topological polar surface area (TPSA) is 40.6 Å². The number of anilines is 1. The average molecular weight is 436 g/mol. The van der Waals surface area contributed by atoms with Crippen molar-refractivity contribution < 1.29 is 18.4 Å². The highest BCUT2D eigenvalue weighted by Gasteiger charge is 2.59. The molecule has 1 fully saturated rings. The Morgan fingerprint density at radius 1 is 1.00 bits per heavy atom. The molecule has 2 heterocycles. The van der Waals surface area contributed by atoms with Crippen LogP contribution in [0.25, 0.3) is 0 Å². The maximum Gasteiger partial charge on any atom is 0.268 e. The van der Waals surface area contributed by atoms with Crippen molar-refractivity contribution in [2.45, 2.75) is 11.4 Å². The molecule has 5 rings (SSSR count). The number of fused-ring (bicyclic) bond motifs is 2. The van der Waals surface area contributed by atoms with Gasteiger partial charge in [0.2, 0.25) is 0 Å². The van der Waals surface area contributed by atoms with Gasteiger partial charge >= 0.3 is 0 Å². The smallest absolute Gasteiger partial charge is 0.268 e. The van der Waals surface area contributed by atoms with Crippen LogP contribution in [0.3, 0.4) is 0 Å². The first kappa shape index (κ1) is 19.8. The number of thioether (sulfide) groups is 1. The summed E-state index contributed by atoms with van der Waals surface area (Å²) in [6.45, 7) is 0.503. The van der Waals surface area contributed by atoms with Gasteiger partial charge < -0.3 is 9.80 Å². The summed E-state index contributed by atoms with van der Waals surface area (Å²) in [6.07, 6.45) is 0. The predicted octanol–water partition coefficient (Wildman–Crippen LogP) is 4.55. The fraction of sp³-hybridized carbons (Fsp3) is 0.167. The molecule has 7 heteroatoms. The fourth-order valence-corrected chi connectivity index (χ4v) is 5.78. The number of benzene rings is 3. The van der Waals surface area contributed by atoms with Crippen LogP contribution < -0.4 is 4.90 Å². The monoisotopic (exact) mass is 436 g/mol. The lowest BCUT2D eigenvalue weighted by Gasteiger charge is -2.33. The number of nitrogens with zero attached hydrogens (tertiary/aromatic N) is 2. The Kier molecular flexibility index (Phi) is 4.78. The molecule has 156 valence electrons. The Bertz CT molecular complexity index is 1200. The van der Waals surface area contributed by atoms with E-state index in [4.69, 9.17) is 0 Å². The van der Waals surface area contributed by atoms with E-state index in [1.165, 1.54) is 47.0 Å². The Labute approximate surface area is 182 Å². The van der Waals surface area contributed by atoms with E-state index in [1.54, 1.807) is 23.1 Å². The van der Waals surface area contributed by atoms with Crippen LogP contribution in [0.5, 0.6) is 0 Å². The summed E-state index contributed by atoms with van der Waals surface area (Å²) in [5.41, 5.74) is 1.97. The SMILES string of the molecule is O=C(c1ccccc1F)N1CCSC12C(=O)N(Cc1cccc(F)c1)c1ccccc12. The second-order valence-corrected chi connectivity index (χ2v) is 8.76. The van der Waals surface area contributed by atoms with Crippen LogP contribution in [0.2, 0.25) is 0 Å². The van der Waals surface area contributed by atoms with E-state index in [9.17, 15) is 18.4 Å². The summed E-state index contributed by atoms with van der Waals surface area (Å²) < 4.78 is 28.1. The van der Waals surface area contributed by atoms with E-state index in [0.29, 0.717) is 29.1 Å². The minimum absolute atomic E-state index is 0.0572. The molecule has 0 aromatic heterocycles. The summed E-state index contributed by atoms with van der Waals surface area (Å²) in [6, 6.07) is 19.2. The standard InChI is InChI=1S/C24H18F2N2O2S/c25-17-7-5-6-16(14-17)15-27-21-11-4-2-9-19(21)24(23(27)30)28(12-13-31-24)22(29)18-8-1-3-10-20(18)26/h1-11,14H,12-13,15H2. The lowest BCUT2D eigenvalue weighted by atomic mass is 10.0. The molecule has 0 aliphatic carbocycles. The van der Waals surface area contributed by atoms with Crippen molar-refractivity contribution in [1.82, 2.24) is 4.90 Å². The van der Waals surface area contributed by atoms with Gasteiger partial charge in [-0.25, -0.2) is 8.78 Å². The van der Waals surface area contributed by atoms with Crippen LogP contribution >= 0.6 is 11.8 Å². The van der Waals surface area contributed by atoms with Gasteiger partial charge in [-0.05, 0) is 35.9 Å². The highest BCUT2D eigenvalue weighted by molar-refractivity contribution is 8.01. The van der Waals surface area contributed by atoms with Gasteiger partial charge in [-0.3, -0.25) is 9.59 Å². The van der Waals surface area contributed by atoms with Crippen LogP contribution in [0, 0.1) is 11.6 Å². The first-order valence-corrected chi connectivity index (χ1v) is 10.9. The van der Waals surface area contributed by atoms with Crippen molar-refractivity contribution in [3.63, 3.8) is 0 Å². The highest BCUT2D eigenvalue weighted by Crippen LogP contribution is 2.54. The maximum absolute atomic E-state index is 14.4. The van der Waals surface area contributed by atoms with Gasteiger partial charge in [-0.15, -0.1) is 11.8 Å². The van der Waals surface area contributed by atoms with Gasteiger partial charge in [0.25, 0.3) is 11.8 Å². The molecule has 2 aliphatic heterocycles. The molecular formula is C24H18F2N2O2S. The minimum Gasteiger partial charge on any atom is -0.311 e. The molecule has 0 bridgehead atoms. The van der Waals surface area contributed by atoms with Gasteiger partial charge in [-0.1, -0.05) is 42.5 Å². The van der Waals surface area contributed by atoms with Crippen molar-refractivity contribution in [2.75, 3.05) is 17.2 Å². The van der Waals surface area contributed by atoms with Gasteiger partial charge in [0.1, 0.15) is 11.6 Å². The van der Waals surface area contributed by atoms with Crippen LogP contribution in [0.4, 0.5) is 14.5 Å². The quantitative estimate of drug-likeness (QED) is 0.605. The van der Waals surface area contributed by atoms with Gasteiger partial charge in [0.05, 0.1) is 17.8 Å². The number of carbonyl (C=O) groups is 2. The zero-order valence-corrected chi connectivity index (χ0v) is 17.2. The molecule has 1 spiro atoms. The molecule has 3 aromatic carbocycles. The van der Waals surface area contributed by atoms with Gasteiger partial charge in [0, 0.05) is 17.9 Å². The molecule has 1 saturated heterocycles. The predicted molar refractivity (Wildman–Crippen MR) is 116 cm³/mol. The van der Waals surface area contributed by atoms with Crippen molar-refractivity contribution in [1.29, 1.82) is 0 Å². The van der Waals surface area contributed by atoms with E-state index in [1.807, 2.05) is 24.3 Å². The molecular weight excluding hydrogens is 418 g/mol. The largest absolute Gasteiger partial charge is 0.311 e. The average Bonchev–Trinajstić information content (AvgIpc) is 3.31. The maximum atomic E-state index is 14.4. The molecule has 1 atom stereocenters. The van der Waals surface area contributed by atoms with Crippen molar-refractivity contribution in [3.05, 3.63) is 101 Å². The van der Waals surface area contributed by atoms with E-state index in [0.717, 1.165) is 0 Å². The highest BCUT2D eigenvalue weighted by atomic mass is 32.2. The van der Waals surface area contributed by atoms with Crippen molar-refractivity contribution in [3.8, 4) is 0 Å². The minimum atomic E-state index is -1.26. The molecule has 4 nitrogen and oxygen atoms in total. The lowest BCUT2D eigenvalue weighted by Crippen LogP contribution is -2.50. The summed E-state index contributed by atoms with van der Waals surface area (Å²) in [5.74, 6) is -1.23. The van der Waals surface area contributed by atoms with E-state index in [2.05, 4.69) is 0 Å². The number of hydrogen-bond donors (Lipinski definition) is 0. The molecule has 2 aliphatic rings. The molecule has 1 unspecified atom stereocenters. The second-order valence-electron chi connectivity index (χ2n) is 7.47. The third-order valence-electron chi connectivity index (χ3n) is 5.68. The molecule has 0 radical (unpaired) electrons. The third-order valence-corrected chi connectivity index (χ3v) is 7.10. The molecule has 0 N–H and O–H groups in total. The zero-order chi connectivity index (χ0) is 21.6. The molecule has 0 saturated carbocycles. The van der Waals surface area contributed by atoms with Gasteiger partial charge in [-0.2, -0.15) is 0 Å². The summed E-state index contributed by atoms with van der Waals surface area (Å²) >= 11 is 1.37. The summed E-state index contributed by atoms with van der Waals surface area (Å²) in [5, 5.41) is 0. The van der Waals surface area contributed by atoms with Crippen molar-refractivity contribution >= 4 is 29.3 Å². The first-order valence-electron chi connectivity index (χ1n) is 9.89. The lowest BCUT2D eigenvalue weighted by molar-refractivity contribution is -0.123.